The second-order valence-electron chi connectivity index (χ2n) is 4.31. The Labute approximate surface area is 112 Å². The number of hydrogen-bond acceptors (Lipinski definition) is 4. The van der Waals surface area contributed by atoms with Gasteiger partial charge in [0, 0.05) is 26.2 Å². The number of nitrogens with two attached hydrogens (primary N) is 1. The minimum Gasteiger partial charge on any atom is -0.493 e. The molecule has 1 aromatic heterocycles. The Balaban J connectivity index is 1.95. The van der Waals surface area contributed by atoms with Gasteiger partial charge in [-0.2, -0.15) is 5.10 Å². The van der Waals surface area contributed by atoms with Gasteiger partial charge in [-0.05, 0) is 23.3 Å². The molecule has 0 aliphatic carbocycles. The van der Waals surface area contributed by atoms with E-state index in [9.17, 15) is 0 Å². The van der Waals surface area contributed by atoms with Gasteiger partial charge in [0.1, 0.15) is 0 Å². The lowest BCUT2D eigenvalue weighted by Crippen LogP contribution is -2.03. The maximum Gasteiger partial charge on any atom is 0.161 e. The van der Waals surface area contributed by atoms with E-state index in [0.717, 1.165) is 23.3 Å². The predicted molar refractivity (Wildman–Crippen MR) is 73.3 cm³/mol. The molecule has 0 amide bonds. The zero-order valence-electron chi connectivity index (χ0n) is 11.3. The summed E-state index contributed by atoms with van der Waals surface area (Å²) in [6.07, 6.45) is 4.64. The van der Waals surface area contributed by atoms with Gasteiger partial charge in [0.15, 0.2) is 11.5 Å². The molecule has 0 spiro atoms. The van der Waals surface area contributed by atoms with Crippen LogP contribution in [0.1, 0.15) is 11.1 Å². The predicted octanol–water partition coefficient (Wildman–Crippen LogP) is 1.51. The molecule has 0 atom stereocenters. The molecule has 0 saturated carbocycles. The normalized spacial score (nSPS) is 10.5. The van der Waals surface area contributed by atoms with Crippen molar-refractivity contribution in [3.8, 4) is 11.5 Å². The van der Waals surface area contributed by atoms with Crippen molar-refractivity contribution in [2.24, 2.45) is 12.8 Å². The zero-order valence-corrected chi connectivity index (χ0v) is 11.3. The second-order valence-corrected chi connectivity index (χ2v) is 4.31. The molecule has 2 N–H and O–H groups in total. The first-order chi connectivity index (χ1) is 9.22. The summed E-state index contributed by atoms with van der Waals surface area (Å²) in [4.78, 5) is 0. The van der Waals surface area contributed by atoms with Crippen LogP contribution in [0.25, 0.3) is 0 Å². The first kappa shape index (κ1) is 13.4. The maximum atomic E-state index is 5.74. The van der Waals surface area contributed by atoms with Crippen LogP contribution in [0.4, 0.5) is 0 Å². The molecule has 0 unspecified atom stereocenters. The maximum absolute atomic E-state index is 5.74. The Morgan fingerprint density at radius 1 is 1.26 bits per heavy atom. The highest BCUT2D eigenvalue weighted by atomic mass is 16.5. The number of nitrogens with zero attached hydrogens (tertiary/aromatic N) is 2. The van der Waals surface area contributed by atoms with Crippen LogP contribution >= 0.6 is 0 Å². The molecule has 0 aliphatic rings. The van der Waals surface area contributed by atoms with E-state index < -0.39 is 0 Å². The molecule has 2 aromatic rings. The van der Waals surface area contributed by atoms with E-state index in [1.807, 2.05) is 37.6 Å². The number of aromatic nitrogens is 2. The van der Waals surface area contributed by atoms with Crippen LogP contribution in [-0.2, 0) is 20.0 Å². The number of ether oxygens (including phenoxy) is 2. The summed E-state index contributed by atoms with van der Waals surface area (Å²) in [5, 5.41) is 4.12. The van der Waals surface area contributed by atoms with Crippen LogP contribution in [0.2, 0.25) is 0 Å². The highest BCUT2D eigenvalue weighted by Crippen LogP contribution is 2.28. The molecule has 19 heavy (non-hydrogen) atoms. The van der Waals surface area contributed by atoms with Gasteiger partial charge >= 0.3 is 0 Å². The summed E-state index contributed by atoms with van der Waals surface area (Å²) in [5.74, 6) is 1.46. The van der Waals surface area contributed by atoms with E-state index in [1.54, 1.807) is 11.8 Å². The number of benzene rings is 1. The second kappa shape index (κ2) is 6.24. The highest BCUT2D eigenvalue weighted by molar-refractivity contribution is 5.42. The first-order valence-electron chi connectivity index (χ1n) is 6.20. The minimum absolute atomic E-state index is 0.492. The monoisotopic (exact) mass is 261 g/mol. The summed E-state index contributed by atoms with van der Waals surface area (Å²) in [6, 6.07) is 5.74. The molecule has 0 saturated heterocycles. The molecule has 1 heterocycles. The van der Waals surface area contributed by atoms with Crippen LogP contribution < -0.4 is 15.2 Å². The fourth-order valence-electron chi connectivity index (χ4n) is 1.84. The van der Waals surface area contributed by atoms with Crippen LogP contribution in [0.15, 0.2) is 30.6 Å². The SMILES string of the molecule is COc1cc(CN)ccc1OCCc1cnn(C)c1. The van der Waals surface area contributed by atoms with Crippen molar-refractivity contribution >= 4 is 0 Å². The lowest BCUT2D eigenvalue weighted by Gasteiger charge is -2.11. The number of methoxy groups -OCH3 is 1. The van der Waals surface area contributed by atoms with Gasteiger partial charge in [-0.15, -0.1) is 0 Å². The summed E-state index contributed by atoms with van der Waals surface area (Å²) < 4.78 is 12.8. The van der Waals surface area contributed by atoms with E-state index in [2.05, 4.69) is 5.10 Å². The van der Waals surface area contributed by atoms with Gasteiger partial charge < -0.3 is 15.2 Å². The number of hydrogen-bond donors (Lipinski definition) is 1. The Morgan fingerprint density at radius 3 is 2.74 bits per heavy atom. The van der Waals surface area contributed by atoms with Crippen LogP contribution in [-0.4, -0.2) is 23.5 Å². The molecule has 0 aliphatic heterocycles. The molecule has 0 radical (unpaired) electrons. The third-order valence-corrected chi connectivity index (χ3v) is 2.87. The van der Waals surface area contributed by atoms with Gasteiger partial charge in [-0.3, -0.25) is 4.68 Å². The van der Waals surface area contributed by atoms with E-state index in [1.165, 1.54) is 0 Å². The molecule has 0 fully saturated rings. The van der Waals surface area contributed by atoms with E-state index in [4.69, 9.17) is 15.2 Å². The lowest BCUT2D eigenvalue weighted by atomic mass is 10.2. The summed E-state index contributed by atoms with van der Waals surface area (Å²) >= 11 is 0. The Hall–Kier alpha value is -2.01. The van der Waals surface area contributed by atoms with Crippen molar-refractivity contribution < 1.29 is 9.47 Å². The minimum atomic E-state index is 0.492. The van der Waals surface area contributed by atoms with Gasteiger partial charge in [0.2, 0.25) is 0 Å². The summed E-state index contributed by atoms with van der Waals surface area (Å²) in [6.45, 7) is 1.08. The smallest absolute Gasteiger partial charge is 0.161 e. The van der Waals surface area contributed by atoms with Crippen molar-refractivity contribution in [2.75, 3.05) is 13.7 Å². The van der Waals surface area contributed by atoms with Gasteiger partial charge in [0.25, 0.3) is 0 Å². The number of aryl methyl sites for hydroxylation is 1. The third-order valence-electron chi connectivity index (χ3n) is 2.87. The molecule has 102 valence electrons. The molecule has 2 rings (SSSR count). The zero-order chi connectivity index (χ0) is 13.7. The molecular formula is C14H19N3O2. The molecule has 5 heteroatoms. The Morgan fingerprint density at radius 2 is 2.11 bits per heavy atom. The van der Waals surface area contributed by atoms with Crippen molar-refractivity contribution in [1.82, 2.24) is 9.78 Å². The number of rotatable bonds is 6. The molecule has 0 bridgehead atoms. The summed E-state index contributed by atoms with van der Waals surface area (Å²) in [7, 11) is 3.53. The van der Waals surface area contributed by atoms with Crippen molar-refractivity contribution in [3.63, 3.8) is 0 Å². The first-order valence-corrected chi connectivity index (χ1v) is 6.20. The van der Waals surface area contributed by atoms with E-state index in [-0.39, 0.29) is 0 Å². The standard InChI is InChI=1S/C14H19N3O2/c1-17-10-12(9-16-17)5-6-19-13-4-3-11(8-15)7-14(13)18-2/h3-4,7,9-10H,5-6,8,15H2,1-2H3. The summed E-state index contributed by atoms with van der Waals surface area (Å²) in [5.41, 5.74) is 7.77. The third kappa shape index (κ3) is 3.48. The van der Waals surface area contributed by atoms with Crippen molar-refractivity contribution in [3.05, 3.63) is 41.7 Å². The molecule has 5 nitrogen and oxygen atoms in total. The van der Waals surface area contributed by atoms with Gasteiger partial charge in [-0.1, -0.05) is 6.07 Å². The Bertz CT molecular complexity index is 537. The van der Waals surface area contributed by atoms with Gasteiger partial charge in [0.05, 0.1) is 19.9 Å². The fraction of sp³-hybridized carbons (Fsp3) is 0.357. The van der Waals surface area contributed by atoms with Gasteiger partial charge in [-0.25, -0.2) is 0 Å². The topological polar surface area (TPSA) is 62.3 Å². The lowest BCUT2D eigenvalue weighted by molar-refractivity contribution is 0.297. The molecule has 1 aromatic carbocycles. The van der Waals surface area contributed by atoms with E-state index >= 15 is 0 Å². The average Bonchev–Trinajstić information content (AvgIpc) is 2.84. The molecular weight excluding hydrogens is 242 g/mol. The quantitative estimate of drug-likeness (QED) is 0.856. The van der Waals surface area contributed by atoms with Crippen molar-refractivity contribution in [1.29, 1.82) is 0 Å². The van der Waals surface area contributed by atoms with Crippen LogP contribution in [0, 0.1) is 0 Å². The van der Waals surface area contributed by atoms with Crippen LogP contribution in [0.5, 0.6) is 11.5 Å². The largest absolute Gasteiger partial charge is 0.493 e. The van der Waals surface area contributed by atoms with Crippen LogP contribution in [0.3, 0.4) is 0 Å². The fourth-order valence-corrected chi connectivity index (χ4v) is 1.84. The van der Waals surface area contributed by atoms with Crippen molar-refractivity contribution in [2.45, 2.75) is 13.0 Å². The average molecular weight is 261 g/mol. The highest BCUT2D eigenvalue weighted by Gasteiger charge is 2.05. The Kier molecular flexibility index (Phi) is 4.41. The van der Waals surface area contributed by atoms with E-state index in [0.29, 0.717) is 18.9 Å².